The molecule has 1 saturated carbocycles. The van der Waals surface area contributed by atoms with E-state index in [1.165, 1.54) is 44.9 Å². The lowest BCUT2D eigenvalue weighted by molar-refractivity contribution is 0.325. The number of hydrogen-bond donors (Lipinski definition) is 0. The van der Waals surface area contributed by atoms with Gasteiger partial charge >= 0.3 is 0 Å². The minimum atomic E-state index is 0.903. The summed E-state index contributed by atoms with van der Waals surface area (Å²) in [6.45, 7) is 4.66. The van der Waals surface area contributed by atoms with E-state index in [1.54, 1.807) is 0 Å². The molecule has 1 aliphatic carbocycles. The van der Waals surface area contributed by atoms with Gasteiger partial charge in [-0.15, -0.1) is 0 Å². The quantitative estimate of drug-likeness (QED) is 0.439. The number of hydrogen-bond acceptors (Lipinski definition) is 0. The van der Waals surface area contributed by atoms with E-state index in [2.05, 4.69) is 26.0 Å². The number of unbranched alkanes of at least 4 members (excludes halogenated alkanes) is 2. The van der Waals surface area contributed by atoms with Crippen molar-refractivity contribution in [3.8, 4) is 0 Å². The fraction of sp³-hybridized carbons (Fsp3) is 0.846. The fourth-order valence-corrected chi connectivity index (χ4v) is 2.27. The molecule has 13 heavy (non-hydrogen) atoms. The summed E-state index contributed by atoms with van der Waals surface area (Å²) in [6, 6.07) is 0. The standard InChI is InChI=1S/C13H24/c1-3-4-5-6-9-13-10-7-8-12(2)11-13/h6,9,12-13H,3-5,7-8,10-11H2,1-2H3/t12-,13-/m1/s1. The van der Waals surface area contributed by atoms with Gasteiger partial charge in [0.1, 0.15) is 0 Å². The summed E-state index contributed by atoms with van der Waals surface area (Å²) in [5.41, 5.74) is 0. The van der Waals surface area contributed by atoms with Crippen LogP contribution in [0, 0.1) is 11.8 Å². The van der Waals surface area contributed by atoms with Crippen LogP contribution in [0.4, 0.5) is 0 Å². The second-order valence-electron chi connectivity index (χ2n) is 4.60. The highest BCUT2D eigenvalue weighted by molar-refractivity contribution is 4.90. The van der Waals surface area contributed by atoms with Crippen molar-refractivity contribution in [2.45, 2.75) is 58.8 Å². The van der Waals surface area contributed by atoms with Crippen LogP contribution in [0.1, 0.15) is 58.8 Å². The fourth-order valence-electron chi connectivity index (χ4n) is 2.27. The molecular formula is C13H24. The first kappa shape index (κ1) is 10.8. The van der Waals surface area contributed by atoms with E-state index in [9.17, 15) is 0 Å². The van der Waals surface area contributed by atoms with Gasteiger partial charge in [-0.2, -0.15) is 0 Å². The van der Waals surface area contributed by atoms with Crippen molar-refractivity contribution in [1.29, 1.82) is 0 Å². The van der Waals surface area contributed by atoms with Crippen molar-refractivity contribution < 1.29 is 0 Å². The van der Waals surface area contributed by atoms with Gasteiger partial charge in [-0.05, 0) is 31.1 Å². The molecule has 1 fully saturated rings. The second-order valence-corrected chi connectivity index (χ2v) is 4.60. The first-order chi connectivity index (χ1) is 6.33. The summed E-state index contributed by atoms with van der Waals surface area (Å²) in [5.74, 6) is 1.87. The Bertz CT molecular complexity index is 146. The summed E-state index contributed by atoms with van der Waals surface area (Å²) in [7, 11) is 0. The van der Waals surface area contributed by atoms with E-state index in [1.807, 2.05) is 0 Å². The minimum absolute atomic E-state index is 0.903. The summed E-state index contributed by atoms with van der Waals surface area (Å²) < 4.78 is 0. The Balaban J connectivity index is 2.15. The smallest absolute Gasteiger partial charge is 0.0231 e. The SMILES string of the molecule is CCCCC=C[C@@H]1CCC[C@@H](C)C1. The molecule has 0 unspecified atom stereocenters. The van der Waals surface area contributed by atoms with Gasteiger partial charge in [-0.1, -0.05) is 51.7 Å². The molecule has 0 aromatic heterocycles. The molecule has 0 spiro atoms. The third kappa shape index (κ3) is 4.50. The molecule has 0 radical (unpaired) electrons. The maximum Gasteiger partial charge on any atom is -0.0231 e. The molecule has 1 rings (SSSR count). The predicted molar refractivity (Wildman–Crippen MR) is 59.8 cm³/mol. The van der Waals surface area contributed by atoms with Crippen LogP contribution in [-0.4, -0.2) is 0 Å². The molecule has 0 heteroatoms. The molecular weight excluding hydrogens is 156 g/mol. The van der Waals surface area contributed by atoms with E-state index in [0.717, 1.165) is 11.8 Å². The highest BCUT2D eigenvalue weighted by atomic mass is 14.2. The van der Waals surface area contributed by atoms with Crippen molar-refractivity contribution in [2.24, 2.45) is 11.8 Å². The van der Waals surface area contributed by atoms with Gasteiger partial charge in [-0.25, -0.2) is 0 Å². The Morgan fingerprint density at radius 3 is 2.85 bits per heavy atom. The molecule has 2 atom stereocenters. The Morgan fingerprint density at radius 2 is 2.15 bits per heavy atom. The molecule has 0 saturated heterocycles. The molecule has 0 aromatic rings. The van der Waals surface area contributed by atoms with Crippen molar-refractivity contribution in [2.75, 3.05) is 0 Å². The van der Waals surface area contributed by atoms with E-state index in [0.29, 0.717) is 0 Å². The minimum Gasteiger partial charge on any atom is -0.0883 e. The van der Waals surface area contributed by atoms with Crippen molar-refractivity contribution in [3.63, 3.8) is 0 Å². The summed E-state index contributed by atoms with van der Waals surface area (Å²) in [5, 5.41) is 0. The van der Waals surface area contributed by atoms with Gasteiger partial charge in [0.25, 0.3) is 0 Å². The van der Waals surface area contributed by atoms with Gasteiger partial charge in [0, 0.05) is 0 Å². The van der Waals surface area contributed by atoms with Crippen molar-refractivity contribution in [3.05, 3.63) is 12.2 Å². The van der Waals surface area contributed by atoms with E-state index < -0.39 is 0 Å². The molecule has 0 nitrogen and oxygen atoms in total. The largest absolute Gasteiger partial charge is 0.0883 e. The molecule has 0 aliphatic heterocycles. The van der Waals surface area contributed by atoms with Gasteiger partial charge < -0.3 is 0 Å². The van der Waals surface area contributed by atoms with E-state index in [-0.39, 0.29) is 0 Å². The lowest BCUT2D eigenvalue weighted by Gasteiger charge is -2.24. The Kier molecular flexibility index (Phi) is 5.19. The third-order valence-corrected chi connectivity index (χ3v) is 3.11. The number of allylic oxidation sites excluding steroid dienone is 2. The Labute approximate surface area is 83.4 Å². The van der Waals surface area contributed by atoms with Crippen LogP contribution in [0.25, 0.3) is 0 Å². The average Bonchev–Trinajstić information content (AvgIpc) is 2.13. The second kappa shape index (κ2) is 6.23. The molecule has 76 valence electrons. The lowest BCUT2D eigenvalue weighted by atomic mass is 9.82. The summed E-state index contributed by atoms with van der Waals surface area (Å²) in [6.07, 6.45) is 14.6. The van der Waals surface area contributed by atoms with Crippen LogP contribution in [0.3, 0.4) is 0 Å². The van der Waals surface area contributed by atoms with Gasteiger partial charge in [-0.3, -0.25) is 0 Å². The van der Waals surface area contributed by atoms with Crippen LogP contribution >= 0.6 is 0 Å². The molecule has 0 bridgehead atoms. The molecule has 0 heterocycles. The third-order valence-electron chi connectivity index (χ3n) is 3.11. The lowest BCUT2D eigenvalue weighted by Crippen LogP contribution is -2.10. The zero-order chi connectivity index (χ0) is 9.52. The summed E-state index contributed by atoms with van der Waals surface area (Å²) >= 11 is 0. The zero-order valence-electron chi connectivity index (χ0n) is 9.26. The van der Waals surface area contributed by atoms with Crippen molar-refractivity contribution >= 4 is 0 Å². The topological polar surface area (TPSA) is 0 Å². The predicted octanol–water partition coefficient (Wildman–Crippen LogP) is 4.56. The van der Waals surface area contributed by atoms with Crippen LogP contribution in [0.5, 0.6) is 0 Å². The van der Waals surface area contributed by atoms with E-state index in [4.69, 9.17) is 0 Å². The molecule has 0 amide bonds. The zero-order valence-corrected chi connectivity index (χ0v) is 9.26. The highest BCUT2D eigenvalue weighted by Crippen LogP contribution is 2.29. The van der Waals surface area contributed by atoms with E-state index >= 15 is 0 Å². The highest BCUT2D eigenvalue weighted by Gasteiger charge is 2.15. The molecule has 0 aromatic carbocycles. The summed E-state index contributed by atoms with van der Waals surface area (Å²) in [4.78, 5) is 0. The van der Waals surface area contributed by atoms with Crippen LogP contribution in [-0.2, 0) is 0 Å². The van der Waals surface area contributed by atoms with Gasteiger partial charge in [0.15, 0.2) is 0 Å². The Morgan fingerprint density at radius 1 is 1.31 bits per heavy atom. The first-order valence-corrected chi connectivity index (χ1v) is 5.99. The van der Waals surface area contributed by atoms with Crippen LogP contribution < -0.4 is 0 Å². The van der Waals surface area contributed by atoms with Crippen LogP contribution in [0.15, 0.2) is 12.2 Å². The molecule has 1 aliphatic rings. The maximum atomic E-state index is 2.48. The number of rotatable bonds is 4. The van der Waals surface area contributed by atoms with Crippen molar-refractivity contribution in [1.82, 2.24) is 0 Å². The monoisotopic (exact) mass is 180 g/mol. The average molecular weight is 180 g/mol. The maximum absolute atomic E-state index is 2.48. The van der Waals surface area contributed by atoms with Gasteiger partial charge in [0.05, 0.1) is 0 Å². The Hall–Kier alpha value is -0.260. The molecule has 0 N–H and O–H groups in total. The van der Waals surface area contributed by atoms with Gasteiger partial charge in [0.2, 0.25) is 0 Å². The first-order valence-electron chi connectivity index (χ1n) is 5.99. The van der Waals surface area contributed by atoms with Crippen LogP contribution in [0.2, 0.25) is 0 Å². The normalized spacial score (nSPS) is 29.7.